The average molecular weight is 422 g/mol. The third kappa shape index (κ3) is 4.89. The van der Waals surface area contributed by atoms with Crippen LogP contribution in [0.2, 0.25) is 0 Å². The van der Waals surface area contributed by atoms with Crippen molar-refractivity contribution in [1.29, 1.82) is 0 Å². The molecule has 1 fully saturated rings. The number of rotatable bonds is 7. The van der Waals surface area contributed by atoms with Crippen LogP contribution in [0.4, 0.5) is 0 Å². The Morgan fingerprint density at radius 2 is 2.13 bits per heavy atom. The minimum absolute atomic E-state index is 0.127. The Bertz CT molecular complexity index is 946. The third-order valence-corrected chi connectivity index (χ3v) is 6.38. The Labute approximate surface area is 181 Å². The van der Waals surface area contributed by atoms with Gasteiger partial charge in [0.25, 0.3) is 5.91 Å². The quantitative estimate of drug-likeness (QED) is 0.609. The Morgan fingerprint density at radius 1 is 1.27 bits per heavy atom. The number of methoxy groups -OCH3 is 1. The van der Waals surface area contributed by atoms with Crippen molar-refractivity contribution in [3.63, 3.8) is 0 Å². The van der Waals surface area contributed by atoms with Crippen molar-refractivity contribution in [3.05, 3.63) is 82.3 Å². The number of ether oxygens (including phenoxy) is 1. The molecule has 1 aliphatic rings. The molecule has 0 spiro atoms. The monoisotopic (exact) mass is 421 g/mol. The summed E-state index contributed by atoms with van der Waals surface area (Å²) in [4.78, 5) is 20.2. The van der Waals surface area contributed by atoms with Gasteiger partial charge in [-0.25, -0.2) is 0 Å². The molecular weight excluding hydrogens is 394 g/mol. The maximum atomic E-state index is 13.2. The van der Waals surface area contributed by atoms with Crippen molar-refractivity contribution < 1.29 is 9.53 Å². The highest BCUT2D eigenvalue weighted by Crippen LogP contribution is 2.31. The molecule has 30 heavy (non-hydrogen) atoms. The SMILES string of the molecule is COc1ccccc1C(=O)N[C@@H](c1ccccn1)[C@@H]1CCCN(Cc2ccsc2)C1. The third-order valence-electron chi connectivity index (χ3n) is 5.64. The number of hydrogen-bond acceptors (Lipinski definition) is 5. The van der Waals surface area contributed by atoms with Gasteiger partial charge in [-0.2, -0.15) is 11.3 Å². The maximum Gasteiger partial charge on any atom is 0.255 e. The van der Waals surface area contributed by atoms with Crippen LogP contribution in [0.15, 0.2) is 65.5 Å². The summed E-state index contributed by atoms with van der Waals surface area (Å²) < 4.78 is 5.39. The van der Waals surface area contributed by atoms with E-state index >= 15 is 0 Å². The van der Waals surface area contributed by atoms with E-state index in [4.69, 9.17) is 4.74 Å². The van der Waals surface area contributed by atoms with Crippen molar-refractivity contribution in [2.45, 2.75) is 25.4 Å². The number of thiophene rings is 1. The molecule has 0 radical (unpaired) electrons. The minimum Gasteiger partial charge on any atom is -0.496 e. The molecular formula is C24H27N3O2S. The fourth-order valence-corrected chi connectivity index (χ4v) is 4.85. The predicted octanol–water partition coefficient (Wildman–Crippen LogP) is 4.54. The number of likely N-dealkylation sites (tertiary alicyclic amines) is 1. The van der Waals surface area contributed by atoms with Crippen LogP contribution >= 0.6 is 11.3 Å². The van der Waals surface area contributed by atoms with Gasteiger partial charge in [-0.15, -0.1) is 0 Å². The van der Waals surface area contributed by atoms with Crippen LogP contribution in [0.3, 0.4) is 0 Å². The summed E-state index contributed by atoms with van der Waals surface area (Å²) in [7, 11) is 1.59. The highest BCUT2D eigenvalue weighted by Gasteiger charge is 2.31. The number of para-hydroxylation sites is 1. The zero-order chi connectivity index (χ0) is 20.8. The Hall–Kier alpha value is -2.70. The van der Waals surface area contributed by atoms with Crippen LogP contribution in [0.25, 0.3) is 0 Å². The van der Waals surface area contributed by atoms with Gasteiger partial charge in [-0.3, -0.25) is 14.7 Å². The standard InChI is InChI=1S/C24H27N3O2S/c1-29-22-10-3-2-8-20(22)24(28)26-23(21-9-4-5-12-25-21)19-7-6-13-27(16-19)15-18-11-14-30-17-18/h2-5,8-12,14,17,19,23H,6-7,13,15-16H2,1H3,(H,26,28)/t19-,23-/m1/s1. The summed E-state index contributed by atoms with van der Waals surface area (Å²) in [6, 6.07) is 15.3. The number of aromatic nitrogens is 1. The van der Waals surface area contributed by atoms with Crippen molar-refractivity contribution in [2.75, 3.05) is 20.2 Å². The number of benzene rings is 1. The summed E-state index contributed by atoms with van der Waals surface area (Å²) in [6.07, 6.45) is 3.97. The van der Waals surface area contributed by atoms with Crippen molar-refractivity contribution in [1.82, 2.24) is 15.2 Å². The average Bonchev–Trinajstić information content (AvgIpc) is 3.31. The summed E-state index contributed by atoms with van der Waals surface area (Å²) in [5.74, 6) is 0.751. The molecule has 5 nitrogen and oxygen atoms in total. The lowest BCUT2D eigenvalue weighted by molar-refractivity contribution is 0.0872. The second kappa shape index (κ2) is 9.87. The Kier molecular flexibility index (Phi) is 6.77. The molecule has 2 aromatic heterocycles. The number of nitrogens with one attached hydrogen (secondary N) is 1. The largest absolute Gasteiger partial charge is 0.496 e. The summed E-state index contributed by atoms with van der Waals surface area (Å²) in [5.41, 5.74) is 2.81. The van der Waals surface area contributed by atoms with Crippen molar-refractivity contribution in [3.8, 4) is 5.75 Å². The maximum absolute atomic E-state index is 13.2. The first-order valence-electron chi connectivity index (χ1n) is 10.3. The number of carbonyl (C=O) groups excluding carboxylic acids is 1. The van der Waals surface area contributed by atoms with Crippen LogP contribution in [0.5, 0.6) is 5.75 Å². The first-order chi connectivity index (χ1) is 14.7. The molecule has 6 heteroatoms. The van der Waals surface area contributed by atoms with Gasteiger partial charge in [0.2, 0.25) is 0 Å². The summed E-state index contributed by atoms with van der Waals surface area (Å²) >= 11 is 1.74. The van der Waals surface area contributed by atoms with Gasteiger partial charge in [0.15, 0.2) is 0 Å². The topological polar surface area (TPSA) is 54.5 Å². The molecule has 3 aromatic rings. The van der Waals surface area contributed by atoms with Gasteiger partial charge in [0.05, 0.1) is 24.4 Å². The number of carbonyl (C=O) groups is 1. The van der Waals surface area contributed by atoms with Gasteiger partial charge >= 0.3 is 0 Å². The fraction of sp³-hybridized carbons (Fsp3) is 0.333. The molecule has 0 saturated carbocycles. The van der Waals surface area contributed by atoms with E-state index in [1.165, 1.54) is 5.56 Å². The number of piperidine rings is 1. The summed E-state index contributed by atoms with van der Waals surface area (Å²) in [5, 5.41) is 7.60. The van der Waals surface area contributed by atoms with Gasteiger partial charge in [0, 0.05) is 19.3 Å². The molecule has 0 aliphatic carbocycles. The van der Waals surface area contributed by atoms with Crippen LogP contribution in [0.1, 0.15) is 40.5 Å². The normalized spacial score (nSPS) is 18.0. The van der Waals surface area contributed by atoms with Crippen molar-refractivity contribution in [2.24, 2.45) is 5.92 Å². The van der Waals surface area contributed by atoms with E-state index in [1.54, 1.807) is 30.7 Å². The molecule has 1 amide bonds. The molecule has 0 bridgehead atoms. The molecule has 4 rings (SSSR count). The van der Waals surface area contributed by atoms with Crippen molar-refractivity contribution >= 4 is 17.2 Å². The van der Waals surface area contributed by atoms with E-state index < -0.39 is 0 Å². The number of pyridine rings is 1. The van der Waals surface area contributed by atoms with Gasteiger partial charge in [-0.1, -0.05) is 18.2 Å². The van der Waals surface area contributed by atoms with Crippen LogP contribution < -0.4 is 10.1 Å². The zero-order valence-corrected chi connectivity index (χ0v) is 18.0. The van der Waals surface area contributed by atoms with E-state index in [1.807, 2.05) is 36.4 Å². The second-order valence-electron chi connectivity index (χ2n) is 7.68. The van der Waals surface area contributed by atoms with E-state index in [9.17, 15) is 4.79 Å². The lowest BCUT2D eigenvalue weighted by Crippen LogP contribution is -2.43. The lowest BCUT2D eigenvalue weighted by atomic mass is 9.88. The molecule has 1 aliphatic heterocycles. The van der Waals surface area contributed by atoms with Gasteiger partial charge in [-0.05, 0) is 72.0 Å². The Balaban J connectivity index is 1.55. The second-order valence-corrected chi connectivity index (χ2v) is 8.46. The highest BCUT2D eigenvalue weighted by atomic mass is 32.1. The fourth-order valence-electron chi connectivity index (χ4n) is 4.19. The van der Waals surface area contributed by atoms with E-state index in [2.05, 4.69) is 32.0 Å². The van der Waals surface area contributed by atoms with Gasteiger partial charge in [0.1, 0.15) is 5.75 Å². The lowest BCUT2D eigenvalue weighted by Gasteiger charge is -2.37. The number of amides is 1. The molecule has 2 atom stereocenters. The molecule has 1 N–H and O–H groups in total. The smallest absolute Gasteiger partial charge is 0.255 e. The summed E-state index contributed by atoms with van der Waals surface area (Å²) in [6.45, 7) is 2.97. The van der Waals surface area contributed by atoms with Gasteiger partial charge < -0.3 is 10.1 Å². The molecule has 1 aromatic carbocycles. The predicted molar refractivity (Wildman–Crippen MR) is 120 cm³/mol. The minimum atomic E-state index is -0.145. The zero-order valence-electron chi connectivity index (χ0n) is 17.2. The van der Waals surface area contributed by atoms with Crippen LogP contribution in [-0.2, 0) is 6.54 Å². The number of nitrogens with zero attached hydrogens (tertiary/aromatic N) is 2. The molecule has 3 heterocycles. The van der Waals surface area contributed by atoms with E-state index in [0.29, 0.717) is 17.2 Å². The first-order valence-corrected chi connectivity index (χ1v) is 11.3. The highest BCUT2D eigenvalue weighted by molar-refractivity contribution is 7.07. The number of hydrogen-bond donors (Lipinski definition) is 1. The first kappa shape index (κ1) is 20.6. The molecule has 1 saturated heterocycles. The van der Waals surface area contributed by atoms with Crippen LogP contribution in [-0.4, -0.2) is 36.0 Å². The Morgan fingerprint density at radius 3 is 2.90 bits per heavy atom. The van der Waals surface area contributed by atoms with E-state index in [0.717, 1.165) is 38.2 Å². The molecule has 156 valence electrons. The molecule has 0 unspecified atom stereocenters. The van der Waals surface area contributed by atoms with E-state index in [-0.39, 0.29) is 11.9 Å². The van der Waals surface area contributed by atoms with Crippen LogP contribution in [0, 0.1) is 5.92 Å².